The van der Waals surface area contributed by atoms with Crippen LogP contribution in [0.5, 0.6) is 0 Å². The van der Waals surface area contributed by atoms with Crippen LogP contribution in [0.15, 0.2) is 12.2 Å². The minimum atomic E-state index is -4.39. The van der Waals surface area contributed by atoms with E-state index in [-0.39, 0.29) is 38.6 Å². The molecule has 482 valence electrons. The molecule has 0 aromatic heterocycles. The predicted octanol–water partition coefficient (Wildman–Crippen LogP) is 23.5. The zero-order valence-corrected chi connectivity index (χ0v) is 55.2. The molecule has 0 fully saturated rings. The van der Waals surface area contributed by atoms with E-state index < -0.39 is 26.5 Å². The van der Waals surface area contributed by atoms with E-state index >= 15 is 0 Å². The Morgan fingerprint density at radius 3 is 0.877 bits per heavy atom. The molecule has 81 heavy (non-hydrogen) atoms. The third-order valence-corrected chi connectivity index (χ3v) is 17.6. The van der Waals surface area contributed by atoms with Gasteiger partial charge in [0, 0.05) is 19.4 Å². The largest absolute Gasteiger partial charge is 0.472 e. The molecule has 0 rings (SSSR count). The van der Waals surface area contributed by atoms with Crippen molar-refractivity contribution in [3.63, 3.8) is 0 Å². The van der Waals surface area contributed by atoms with Crippen LogP contribution in [0.25, 0.3) is 0 Å². The van der Waals surface area contributed by atoms with Crippen LogP contribution in [0.3, 0.4) is 0 Å². The van der Waals surface area contributed by atoms with E-state index in [2.05, 4.69) is 26.0 Å². The van der Waals surface area contributed by atoms with Gasteiger partial charge in [0.25, 0.3) is 0 Å². The Morgan fingerprint density at radius 2 is 0.605 bits per heavy atom. The monoisotopic (exact) mass is 1170 g/mol. The van der Waals surface area contributed by atoms with E-state index in [1.807, 2.05) is 0 Å². The van der Waals surface area contributed by atoms with Gasteiger partial charge in [0.15, 0.2) is 6.10 Å². The standard InChI is InChI=1S/C71H140NO8P/c1-3-5-7-9-11-13-15-17-19-21-23-25-26-27-28-29-30-31-32-33-34-35-36-37-38-39-40-41-42-44-46-48-50-52-54-56-58-60-62-64-71(74)80-69(68-79-81(75,76)78-66-65-72)67-77-70(73)63-61-59-57-55-53-51-49-47-45-43-24-22-20-18-16-14-12-10-8-6-4-2/h21,23,69H,3-20,22,24-68,72H2,1-2H3,(H,75,76)/b23-21-. The van der Waals surface area contributed by atoms with E-state index in [0.717, 1.165) is 32.1 Å². The third-order valence-electron chi connectivity index (χ3n) is 16.7. The molecule has 0 aromatic carbocycles. The van der Waals surface area contributed by atoms with Crippen molar-refractivity contribution in [1.82, 2.24) is 0 Å². The SMILES string of the molecule is CCCCCCCCCC/C=C\CCCCCCCCCCCCCCCCCCCCCCCCCCCCCC(=O)OC(COC(=O)CCCCCCCCCCCCCCCCCCCCCCC)COP(=O)(O)OCCN. The highest BCUT2D eigenvalue weighted by Crippen LogP contribution is 2.43. The first kappa shape index (κ1) is 79.8. The molecule has 2 atom stereocenters. The highest BCUT2D eigenvalue weighted by Gasteiger charge is 2.26. The zero-order valence-electron chi connectivity index (χ0n) is 54.3. The molecule has 0 amide bonds. The topological polar surface area (TPSA) is 134 Å². The van der Waals surface area contributed by atoms with Gasteiger partial charge >= 0.3 is 19.8 Å². The van der Waals surface area contributed by atoms with Crippen LogP contribution >= 0.6 is 7.82 Å². The van der Waals surface area contributed by atoms with Crippen LogP contribution in [0.1, 0.15) is 399 Å². The Bertz CT molecular complexity index is 1330. The molecule has 9 nitrogen and oxygen atoms in total. The van der Waals surface area contributed by atoms with Crippen molar-refractivity contribution in [3.8, 4) is 0 Å². The lowest BCUT2D eigenvalue weighted by Crippen LogP contribution is -2.29. The predicted molar refractivity (Wildman–Crippen MR) is 349 cm³/mol. The smallest absolute Gasteiger partial charge is 0.462 e. The second-order valence-corrected chi connectivity index (χ2v) is 26.3. The van der Waals surface area contributed by atoms with Crippen molar-refractivity contribution in [2.75, 3.05) is 26.4 Å². The van der Waals surface area contributed by atoms with Crippen molar-refractivity contribution in [2.45, 2.75) is 405 Å². The summed E-state index contributed by atoms with van der Waals surface area (Å²) >= 11 is 0. The second-order valence-electron chi connectivity index (χ2n) is 24.8. The van der Waals surface area contributed by atoms with Crippen molar-refractivity contribution >= 4 is 19.8 Å². The lowest BCUT2D eigenvalue weighted by Gasteiger charge is -2.19. The van der Waals surface area contributed by atoms with Gasteiger partial charge in [0.05, 0.1) is 13.2 Å². The molecule has 0 saturated heterocycles. The summed E-state index contributed by atoms with van der Waals surface area (Å²) in [7, 11) is -4.39. The van der Waals surface area contributed by atoms with Gasteiger partial charge in [0.2, 0.25) is 0 Å². The van der Waals surface area contributed by atoms with Crippen molar-refractivity contribution in [3.05, 3.63) is 12.2 Å². The van der Waals surface area contributed by atoms with Crippen LogP contribution < -0.4 is 5.73 Å². The van der Waals surface area contributed by atoms with Crippen LogP contribution in [0.4, 0.5) is 0 Å². The summed E-state index contributed by atoms with van der Waals surface area (Å²) in [6.45, 7) is 3.83. The van der Waals surface area contributed by atoms with Gasteiger partial charge in [-0.3, -0.25) is 18.6 Å². The molecular formula is C71H140NO8P. The number of carbonyl (C=O) groups excluding carboxylic acids is 2. The van der Waals surface area contributed by atoms with Gasteiger partial charge in [-0.05, 0) is 38.5 Å². The number of hydrogen-bond acceptors (Lipinski definition) is 8. The van der Waals surface area contributed by atoms with E-state index in [0.29, 0.717) is 6.42 Å². The number of ether oxygens (including phenoxy) is 2. The molecule has 2 unspecified atom stereocenters. The van der Waals surface area contributed by atoms with E-state index in [9.17, 15) is 19.0 Å². The maximum atomic E-state index is 12.8. The molecule has 3 N–H and O–H groups in total. The molecule has 0 aromatic rings. The van der Waals surface area contributed by atoms with Crippen LogP contribution in [-0.4, -0.2) is 49.3 Å². The van der Waals surface area contributed by atoms with Crippen LogP contribution in [-0.2, 0) is 32.7 Å². The molecule has 0 saturated carbocycles. The molecule has 0 aliphatic carbocycles. The molecular weight excluding hydrogens is 1030 g/mol. The van der Waals surface area contributed by atoms with Crippen molar-refractivity contribution in [1.29, 1.82) is 0 Å². The van der Waals surface area contributed by atoms with Gasteiger partial charge in [0.1, 0.15) is 6.61 Å². The number of unbranched alkanes of at least 4 members (excludes halogenated alkanes) is 55. The fourth-order valence-electron chi connectivity index (χ4n) is 11.3. The number of rotatable bonds is 70. The molecule has 10 heteroatoms. The average molecular weight is 1170 g/mol. The molecule has 0 spiro atoms. The van der Waals surface area contributed by atoms with Gasteiger partial charge < -0.3 is 20.1 Å². The van der Waals surface area contributed by atoms with Gasteiger partial charge in [-0.2, -0.15) is 0 Å². The number of phosphoric ester groups is 1. The maximum Gasteiger partial charge on any atom is 0.472 e. The summed E-state index contributed by atoms with van der Waals surface area (Å²) in [6.07, 6.45) is 81.9. The maximum absolute atomic E-state index is 12.8. The summed E-state index contributed by atoms with van der Waals surface area (Å²) in [5, 5.41) is 0. The van der Waals surface area contributed by atoms with Gasteiger partial charge in [-0.15, -0.1) is 0 Å². The average Bonchev–Trinajstić information content (AvgIpc) is 3.46. The Labute approximate surface area is 504 Å². The lowest BCUT2D eigenvalue weighted by molar-refractivity contribution is -0.161. The van der Waals surface area contributed by atoms with Crippen molar-refractivity contribution in [2.24, 2.45) is 5.73 Å². The zero-order chi connectivity index (χ0) is 58.7. The van der Waals surface area contributed by atoms with Gasteiger partial charge in [-0.1, -0.05) is 360 Å². The Balaban J connectivity index is 3.73. The second kappa shape index (κ2) is 67.9. The molecule has 0 heterocycles. The quantitative estimate of drug-likeness (QED) is 0.0264. The molecule has 0 aliphatic rings. The minimum absolute atomic E-state index is 0.0582. The first-order chi connectivity index (χ1) is 39.8. The van der Waals surface area contributed by atoms with E-state index in [1.54, 1.807) is 0 Å². The van der Waals surface area contributed by atoms with E-state index in [4.69, 9.17) is 24.3 Å². The first-order valence-electron chi connectivity index (χ1n) is 36.2. The third kappa shape index (κ3) is 67.7. The summed E-state index contributed by atoms with van der Waals surface area (Å²) in [5.74, 6) is -0.799. The normalized spacial score (nSPS) is 12.9. The number of carbonyl (C=O) groups is 2. The molecule has 0 bridgehead atoms. The Kier molecular flexibility index (Phi) is 66.8. The number of allylic oxidation sites excluding steroid dienone is 2. The summed E-state index contributed by atoms with van der Waals surface area (Å²) < 4.78 is 33.2. The molecule has 0 aliphatic heterocycles. The number of esters is 2. The summed E-state index contributed by atoms with van der Waals surface area (Å²) in [5.41, 5.74) is 5.40. The van der Waals surface area contributed by atoms with Crippen molar-refractivity contribution < 1.29 is 37.6 Å². The summed E-state index contributed by atoms with van der Waals surface area (Å²) in [6, 6.07) is 0. The molecule has 0 radical (unpaired) electrons. The number of nitrogens with two attached hydrogens (primary N) is 1. The highest BCUT2D eigenvalue weighted by molar-refractivity contribution is 7.47. The number of hydrogen-bond donors (Lipinski definition) is 2. The van der Waals surface area contributed by atoms with Gasteiger partial charge in [-0.25, -0.2) is 4.57 Å². The Hall–Kier alpha value is -1.25. The Morgan fingerprint density at radius 1 is 0.358 bits per heavy atom. The minimum Gasteiger partial charge on any atom is -0.462 e. The van der Waals surface area contributed by atoms with E-state index in [1.165, 1.54) is 334 Å². The fourth-order valence-corrected chi connectivity index (χ4v) is 12.1. The fraction of sp³-hybridized carbons (Fsp3) is 0.944. The highest BCUT2D eigenvalue weighted by atomic mass is 31.2. The summed E-state index contributed by atoms with van der Waals surface area (Å²) in [4.78, 5) is 35.3. The first-order valence-corrected chi connectivity index (χ1v) is 37.7. The number of phosphoric acid groups is 1. The van der Waals surface area contributed by atoms with Crippen LogP contribution in [0.2, 0.25) is 0 Å². The van der Waals surface area contributed by atoms with Crippen LogP contribution in [0, 0.1) is 0 Å². The lowest BCUT2D eigenvalue weighted by atomic mass is 10.0.